The van der Waals surface area contributed by atoms with Crippen molar-refractivity contribution < 1.29 is 9.53 Å². The first kappa shape index (κ1) is 21.4. The summed E-state index contributed by atoms with van der Waals surface area (Å²) in [5.41, 5.74) is 2.05. The Labute approximate surface area is 167 Å². The van der Waals surface area contributed by atoms with Crippen LogP contribution in [0.2, 0.25) is 0 Å². The molecule has 5 heteroatoms. The van der Waals surface area contributed by atoms with Crippen molar-refractivity contribution in [2.75, 3.05) is 0 Å². The molecule has 1 heterocycles. The molecule has 0 fully saturated rings. The van der Waals surface area contributed by atoms with E-state index in [0.717, 1.165) is 12.0 Å². The Morgan fingerprint density at radius 2 is 1.67 bits per heavy atom. The van der Waals surface area contributed by atoms with E-state index in [4.69, 9.17) is 16.3 Å². The molecule has 0 amide bonds. The van der Waals surface area contributed by atoms with Gasteiger partial charge < -0.3 is 4.74 Å². The normalized spacial score (nSPS) is 12.2. The van der Waals surface area contributed by atoms with Gasteiger partial charge in [0.15, 0.2) is 5.82 Å². The molecule has 27 heavy (non-hydrogen) atoms. The number of alkyl halides is 1. The maximum atomic E-state index is 11.9. The zero-order chi connectivity index (χ0) is 19.6. The minimum atomic E-state index is -0.650. The van der Waals surface area contributed by atoms with E-state index >= 15 is 0 Å². The molecule has 2 rings (SSSR count). The summed E-state index contributed by atoms with van der Waals surface area (Å²) < 4.78 is 5.31. The van der Waals surface area contributed by atoms with Crippen molar-refractivity contribution in [3.8, 4) is 17.1 Å². The van der Waals surface area contributed by atoms with Gasteiger partial charge in [0.05, 0.1) is 0 Å². The van der Waals surface area contributed by atoms with Crippen LogP contribution in [0.25, 0.3) is 11.4 Å². The fourth-order valence-electron chi connectivity index (χ4n) is 2.68. The van der Waals surface area contributed by atoms with E-state index in [2.05, 4.69) is 16.9 Å². The number of esters is 1. The summed E-state index contributed by atoms with van der Waals surface area (Å²) in [6.45, 7) is 5.99. The summed E-state index contributed by atoms with van der Waals surface area (Å²) in [5.74, 6) is 0.731. The Kier molecular flexibility index (Phi) is 8.73. The van der Waals surface area contributed by atoms with Gasteiger partial charge in [-0.2, -0.15) is 0 Å². The zero-order valence-corrected chi connectivity index (χ0v) is 17.2. The van der Waals surface area contributed by atoms with Crippen molar-refractivity contribution >= 4 is 17.6 Å². The summed E-state index contributed by atoms with van der Waals surface area (Å²) in [5, 5.41) is -0.650. The van der Waals surface area contributed by atoms with Crippen molar-refractivity contribution in [3.63, 3.8) is 0 Å². The third-order valence-electron chi connectivity index (χ3n) is 4.42. The molecule has 0 saturated carbocycles. The van der Waals surface area contributed by atoms with Crippen LogP contribution in [0.15, 0.2) is 36.7 Å². The topological polar surface area (TPSA) is 52.1 Å². The summed E-state index contributed by atoms with van der Waals surface area (Å²) in [7, 11) is 0. The molecule has 0 unspecified atom stereocenters. The molecule has 0 spiro atoms. The Bertz CT molecular complexity index is 699. The zero-order valence-electron chi connectivity index (χ0n) is 16.5. The quantitative estimate of drug-likeness (QED) is 0.222. The van der Waals surface area contributed by atoms with Crippen molar-refractivity contribution in [2.24, 2.45) is 5.92 Å². The lowest BCUT2D eigenvalue weighted by Gasteiger charge is -2.12. The second kappa shape index (κ2) is 11.0. The fraction of sp³-hybridized carbons (Fsp3) is 0.500. The number of ether oxygens (including phenoxy) is 1. The summed E-state index contributed by atoms with van der Waals surface area (Å²) in [6.07, 6.45) is 11.1. The van der Waals surface area contributed by atoms with Gasteiger partial charge >= 0.3 is 5.97 Å². The number of hydrogen-bond donors (Lipinski definition) is 0. The molecule has 1 aromatic heterocycles. The molecule has 1 aromatic carbocycles. The van der Waals surface area contributed by atoms with Crippen LogP contribution in [-0.2, 0) is 11.2 Å². The number of aromatic nitrogens is 2. The van der Waals surface area contributed by atoms with Gasteiger partial charge in [0.25, 0.3) is 0 Å². The number of carbonyl (C=O) groups is 1. The van der Waals surface area contributed by atoms with Crippen molar-refractivity contribution in [1.82, 2.24) is 9.97 Å². The molecule has 0 aliphatic heterocycles. The van der Waals surface area contributed by atoms with E-state index in [1.807, 2.05) is 38.4 Å². The number of hydrogen-bond acceptors (Lipinski definition) is 4. The third-order valence-corrected chi connectivity index (χ3v) is 5.10. The number of benzene rings is 1. The minimum Gasteiger partial charge on any atom is -0.425 e. The highest BCUT2D eigenvalue weighted by molar-refractivity contribution is 6.30. The van der Waals surface area contributed by atoms with Crippen LogP contribution in [0.5, 0.6) is 5.75 Å². The molecule has 4 nitrogen and oxygen atoms in total. The Hall–Kier alpha value is -1.94. The maximum absolute atomic E-state index is 11.9. The van der Waals surface area contributed by atoms with Gasteiger partial charge in [-0.25, -0.2) is 9.97 Å². The van der Waals surface area contributed by atoms with Crippen LogP contribution in [0.3, 0.4) is 0 Å². The molecule has 0 aliphatic rings. The summed E-state index contributed by atoms with van der Waals surface area (Å²) in [6, 6.07) is 7.17. The Morgan fingerprint density at radius 1 is 1.04 bits per heavy atom. The molecule has 0 bridgehead atoms. The highest BCUT2D eigenvalue weighted by Crippen LogP contribution is 2.21. The lowest BCUT2D eigenvalue weighted by atomic mass is 10.1. The second-order valence-corrected chi connectivity index (χ2v) is 7.64. The summed E-state index contributed by atoms with van der Waals surface area (Å²) >= 11 is 6.02. The van der Waals surface area contributed by atoms with Crippen molar-refractivity contribution in [2.45, 2.75) is 64.7 Å². The van der Waals surface area contributed by atoms with Crippen LogP contribution in [-0.4, -0.2) is 21.3 Å². The first-order valence-electron chi connectivity index (χ1n) is 9.78. The fourth-order valence-corrected chi connectivity index (χ4v) is 2.73. The molecule has 0 N–H and O–H groups in total. The standard InChI is InChI=1S/C22H29ClN2O2/c1-4-5-6-7-8-9-17-14-24-21(25-15-17)18-10-12-19(13-11-18)27-22(26)20(23)16(2)3/h10-16,20H,4-9H2,1-3H3/t20-/m0/s1. The van der Waals surface area contributed by atoms with Gasteiger partial charge in [-0.3, -0.25) is 4.79 Å². The van der Waals surface area contributed by atoms with Crippen LogP contribution in [0.1, 0.15) is 58.4 Å². The molecule has 0 radical (unpaired) electrons. The molecule has 0 saturated heterocycles. The van der Waals surface area contributed by atoms with Crippen molar-refractivity contribution in [3.05, 3.63) is 42.2 Å². The highest BCUT2D eigenvalue weighted by atomic mass is 35.5. The number of halogens is 1. The van der Waals surface area contributed by atoms with Gasteiger partial charge in [-0.1, -0.05) is 46.5 Å². The van der Waals surface area contributed by atoms with Crippen LogP contribution in [0.4, 0.5) is 0 Å². The molecular weight excluding hydrogens is 360 g/mol. The second-order valence-electron chi connectivity index (χ2n) is 7.17. The number of aryl methyl sites for hydroxylation is 1. The van der Waals surface area contributed by atoms with Crippen LogP contribution in [0, 0.1) is 5.92 Å². The van der Waals surface area contributed by atoms with Gasteiger partial charge in [0.1, 0.15) is 11.1 Å². The minimum absolute atomic E-state index is 0.0250. The Morgan fingerprint density at radius 3 is 2.26 bits per heavy atom. The first-order valence-corrected chi connectivity index (χ1v) is 10.2. The first-order chi connectivity index (χ1) is 13.0. The van der Waals surface area contributed by atoms with Gasteiger partial charge in [0.2, 0.25) is 0 Å². The molecule has 2 aromatic rings. The van der Waals surface area contributed by atoms with E-state index < -0.39 is 11.3 Å². The number of carbonyl (C=O) groups excluding carboxylic acids is 1. The lowest BCUT2D eigenvalue weighted by molar-refractivity contribution is -0.134. The molecular formula is C22H29ClN2O2. The smallest absolute Gasteiger partial charge is 0.329 e. The maximum Gasteiger partial charge on any atom is 0.329 e. The van der Waals surface area contributed by atoms with E-state index in [1.165, 1.54) is 37.7 Å². The predicted octanol–water partition coefficient (Wildman–Crippen LogP) is 5.83. The van der Waals surface area contributed by atoms with E-state index in [0.29, 0.717) is 11.6 Å². The molecule has 146 valence electrons. The molecule has 0 aliphatic carbocycles. The lowest BCUT2D eigenvalue weighted by Crippen LogP contribution is -2.25. The van der Waals surface area contributed by atoms with E-state index in [9.17, 15) is 4.79 Å². The highest BCUT2D eigenvalue weighted by Gasteiger charge is 2.21. The molecule has 1 atom stereocenters. The average Bonchev–Trinajstić information content (AvgIpc) is 2.68. The SMILES string of the molecule is CCCCCCCc1cnc(-c2ccc(OC(=O)[C@@H](Cl)C(C)C)cc2)nc1. The van der Waals surface area contributed by atoms with Crippen LogP contribution >= 0.6 is 11.6 Å². The van der Waals surface area contributed by atoms with Gasteiger partial charge in [-0.05, 0) is 48.6 Å². The third kappa shape index (κ3) is 6.94. The van der Waals surface area contributed by atoms with Crippen LogP contribution < -0.4 is 4.74 Å². The monoisotopic (exact) mass is 388 g/mol. The average molecular weight is 389 g/mol. The largest absolute Gasteiger partial charge is 0.425 e. The Balaban J connectivity index is 1.90. The van der Waals surface area contributed by atoms with Crippen molar-refractivity contribution in [1.29, 1.82) is 0 Å². The predicted molar refractivity (Wildman–Crippen MR) is 110 cm³/mol. The van der Waals surface area contributed by atoms with Gasteiger partial charge in [0, 0.05) is 18.0 Å². The van der Waals surface area contributed by atoms with E-state index in [-0.39, 0.29) is 5.92 Å². The van der Waals surface area contributed by atoms with E-state index in [1.54, 1.807) is 12.1 Å². The number of rotatable bonds is 10. The number of nitrogens with zero attached hydrogens (tertiary/aromatic N) is 2. The van der Waals surface area contributed by atoms with Gasteiger partial charge in [-0.15, -0.1) is 11.6 Å². The number of unbranched alkanes of at least 4 members (excludes halogenated alkanes) is 4. The summed E-state index contributed by atoms with van der Waals surface area (Å²) in [4.78, 5) is 20.8.